The fraction of sp³-hybridized carbons (Fsp3) is 0.308. The molecule has 2 N–H and O–H groups in total. The Bertz CT molecular complexity index is 1620. The Labute approximate surface area is 210 Å². The SMILES string of the molecule is Cn1cc(-c2ccc3ccc(-c4nnc5ccc(C(N6CCC(C)(N)C6)C(F)(F)F)cn45)nc3c2)cn1. The van der Waals surface area contributed by atoms with Crippen LogP contribution >= 0.6 is 0 Å². The van der Waals surface area contributed by atoms with Gasteiger partial charge < -0.3 is 5.73 Å². The van der Waals surface area contributed by atoms with E-state index in [2.05, 4.69) is 15.3 Å². The number of fused-ring (bicyclic) bond motifs is 2. The molecule has 0 radical (unpaired) electrons. The first kappa shape index (κ1) is 23.6. The maximum Gasteiger partial charge on any atom is 0.408 e. The summed E-state index contributed by atoms with van der Waals surface area (Å²) in [6.07, 6.45) is 1.20. The summed E-state index contributed by atoms with van der Waals surface area (Å²) in [4.78, 5) is 6.18. The van der Waals surface area contributed by atoms with Gasteiger partial charge in [0, 0.05) is 49.0 Å². The minimum atomic E-state index is -4.47. The summed E-state index contributed by atoms with van der Waals surface area (Å²) >= 11 is 0. The second kappa shape index (κ2) is 8.35. The molecule has 37 heavy (non-hydrogen) atoms. The van der Waals surface area contributed by atoms with E-state index < -0.39 is 17.8 Å². The topological polar surface area (TPSA) is 90.2 Å². The van der Waals surface area contributed by atoms with Crippen molar-refractivity contribution >= 4 is 16.6 Å². The highest BCUT2D eigenvalue weighted by Crippen LogP contribution is 2.41. The van der Waals surface area contributed by atoms with Crippen LogP contribution in [0.25, 0.3) is 39.2 Å². The maximum atomic E-state index is 14.3. The third kappa shape index (κ3) is 4.34. The fourth-order valence-corrected chi connectivity index (χ4v) is 5.08. The maximum absolute atomic E-state index is 14.3. The highest BCUT2D eigenvalue weighted by atomic mass is 19.4. The molecular weight excluding hydrogens is 481 g/mol. The Balaban J connectivity index is 1.42. The van der Waals surface area contributed by atoms with Crippen LogP contribution in [0.15, 0.2) is 61.1 Å². The molecule has 5 heterocycles. The number of rotatable bonds is 4. The van der Waals surface area contributed by atoms with E-state index in [1.54, 1.807) is 34.3 Å². The molecule has 0 bridgehead atoms. The Morgan fingerprint density at radius 1 is 1.03 bits per heavy atom. The van der Waals surface area contributed by atoms with Crippen molar-refractivity contribution in [2.45, 2.75) is 31.1 Å². The first-order valence-electron chi connectivity index (χ1n) is 11.9. The van der Waals surface area contributed by atoms with E-state index in [0.717, 1.165) is 22.0 Å². The number of hydrogen-bond acceptors (Lipinski definition) is 6. The number of aryl methyl sites for hydroxylation is 1. The van der Waals surface area contributed by atoms with Gasteiger partial charge in [0.15, 0.2) is 11.5 Å². The van der Waals surface area contributed by atoms with Gasteiger partial charge in [-0.15, -0.1) is 10.2 Å². The molecule has 2 atom stereocenters. The van der Waals surface area contributed by atoms with Crippen LogP contribution in [0.3, 0.4) is 0 Å². The number of nitrogens with two attached hydrogens (primary N) is 1. The first-order chi connectivity index (χ1) is 17.6. The van der Waals surface area contributed by atoms with Gasteiger partial charge in [0.05, 0.1) is 11.7 Å². The van der Waals surface area contributed by atoms with Crippen LogP contribution in [0.4, 0.5) is 13.2 Å². The lowest BCUT2D eigenvalue weighted by Gasteiger charge is -2.31. The van der Waals surface area contributed by atoms with Crippen LogP contribution < -0.4 is 5.73 Å². The largest absolute Gasteiger partial charge is 0.408 e. The summed E-state index contributed by atoms with van der Waals surface area (Å²) in [6.45, 7) is 2.22. The number of likely N-dealkylation sites (tertiary alicyclic amines) is 1. The average Bonchev–Trinajstić information content (AvgIpc) is 3.55. The molecule has 1 aromatic carbocycles. The lowest BCUT2D eigenvalue weighted by molar-refractivity contribution is -0.184. The predicted molar refractivity (Wildman–Crippen MR) is 134 cm³/mol. The van der Waals surface area contributed by atoms with Crippen LogP contribution in [-0.4, -0.2) is 59.1 Å². The van der Waals surface area contributed by atoms with Gasteiger partial charge in [-0.25, -0.2) is 4.98 Å². The number of alkyl halides is 3. The second-order valence-electron chi connectivity index (χ2n) is 10.0. The van der Waals surface area contributed by atoms with Crippen molar-refractivity contribution in [1.82, 2.24) is 34.3 Å². The summed E-state index contributed by atoms with van der Waals surface area (Å²) in [5.41, 5.74) is 9.22. The molecule has 190 valence electrons. The summed E-state index contributed by atoms with van der Waals surface area (Å²) < 4.78 is 46.1. The van der Waals surface area contributed by atoms with Gasteiger partial charge in [0.2, 0.25) is 0 Å². The summed E-state index contributed by atoms with van der Waals surface area (Å²) in [5, 5.41) is 13.6. The molecule has 11 heteroatoms. The fourth-order valence-electron chi connectivity index (χ4n) is 5.08. The van der Waals surface area contributed by atoms with Crippen molar-refractivity contribution in [2.24, 2.45) is 12.8 Å². The van der Waals surface area contributed by atoms with E-state index in [-0.39, 0.29) is 18.7 Å². The molecule has 1 saturated heterocycles. The molecule has 6 rings (SSSR count). The molecule has 1 aliphatic heterocycles. The Kier molecular flexibility index (Phi) is 5.32. The zero-order valence-corrected chi connectivity index (χ0v) is 20.3. The van der Waals surface area contributed by atoms with Gasteiger partial charge >= 0.3 is 6.18 Å². The molecule has 1 fully saturated rings. The molecule has 5 aromatic rings. The molecule has 8 nitrogen and oxygen atoms in total. The average molecular weight is 507 g/mol. The van der Waals surface area contributed by atoms with E-state index >= 15 is 0 Å². The van der Waals surface area contributed by atoms with E-state index in [9.17, 15) is 13.2 Å². The van der Waals surface area contributed by atoms with Crippen LogP contribution in [-0.2, 0) is 7.05 Å². The monoisotopic (exact) mass is 506 g/mol. The Hall–Kier alpha value is -3.83. The van der Waals surface area contributed by atoms with Crippen LogP contribution in [0, 0.1) is 0 Å². The van der Waals surface area contributed by atoms with Crippen molar-refractivity contribution < 1.29 is 13.2 Å². The van der Waals surface area contributed by atoms with Crippen molar-refractivity contribution in [3.05, 3.63) is 66.6 Å². The van der Waals surface area contributed by atoms with Gasteiger partial charge in [-0.3, -0.25) is 14.0 Å². The van der Waals surface area contributed by atoms with E-state index in [0.29, 0.717) is 23.6 Å². The molecule has 0 spiro atoms. The van der Waals surface area contributed by atoms with Gasteiger partial charge in [-0.2, -0.15) is 18.3 Å². The van der Waals surface area contributed by atoms with Crippen molar-refractivity contribution in [1.29, 1.82) is 0 Å². The van der Waals surface area contributed by atoms with Gasteiger partial charge in [-0.1, -0.05) is 24.3 Å². The number of aromatic nitrogens is 6. The highest BCUT2D eigenvalue weighted by Gasteiger charge is 2.48. The van der Waals surface area contributed by atoms with Crippen LogP contribution in [0.2, 0.25) is 0 Å². The van der Waals surface area contributed by atoms with E-state index in [1.165, 1.54) is 17.2 Å². The van der Waals surface area contributed by atoms with Gasteiger partial charge in [0.25, 0.3) is 0 Å². The number of hydrogen-bond donors (Lipinski definition) is 1. The second-order valence-corrected chi connectivity index (χ2v) is 10.0. The minimum absolute atomic E-state index is 0.110. The Morgan fingerprint density at radius 3 is 2.54 bits per heavy atom. The lowest BCUT2D eigenvalue weighted by atomic mass is 10.0. The number of nitrogens with zero attached hydrogens (tertiary/aromatic N) is 7. The van der Waals surface area contributed by atoms with Crippen molar-refractivity contribution in [3.63, 3.8) is 0 Å². The zero-order chi connectivity index (χ0) is 25.9. The minimum Gasteiger partial charge on any atom is -0.324 e. The normalized spacial score (nSPS) is 19.7. The molecule has 1 aliphatic rings. The summed E-state index contributed by atoms with van der Waals surface area (Å²) in [6, 6.07) is 10.9. The van der Waals surface area contributed by atoms with Crippen molar-refractivity contribution in [2.75, 3.05) is 13.1 Å². The smallest absolute Gasteiger partial charge is 0.324 e. The van der Waals surface area contributed by atoms with Gasteiger partial charge in [0.1, 0.15) is 11.7 Å². The van der Waals surface area contributed by atoms with Gasteiger partial charge in [-0.05, 0) is 42.7 Å². The Morgan fingerprint density at radius 2 is 1.84 bits per heavy atom. The third-order valence-corrected chi connectivity index (χ3v) is 6.91. The standard InChI is InChI=1S/C26H25F3N8/c1-25(30)9-10-36(15-25)23(26(27,28)29)18-6-8-22-33-34-24(37(22)14-18)20-7-5-16-3-4-17(11-21(16)32-20)19-12-31-35(2)13-19/h3-8,11-14,23H,9-10,15,30H2,1-2H3. The lowest BCUT2D eigenvalue weighted by Crippen LogP contribution is -2.43. The van der Waals surface area contributed by atoms with Crippen molar-refractivity contribution in [3.8, 4) is 22.6 Å². The molecule has 0 aliphatic carbocycles. The quantitative estimate of drug-likeness (QED) is 0.389. The molecule has 4 aromatic heterocycles. The number of pyridine rings is 2. The molecule has 2 unspecified atom stereocenters. The molecule has 0 saturated carbocycles. The zero-order valence-electron chi connectivity index (χ0n) is 20.3. The number of halogens is 3. The highest BCUT2D eigenvalue weighted by molar-refractivity contribution is 5.85. The molecule has 0 amide bonds. The first-order valence-corrected chi connectivity index (χ1v) is 11.9. The van der Waals surface area contributed by atoms with E-state index in [4.69, 9.17) is 10.7 Å². The third-order valence-electron chi connectivity index (χ3n) is 6.91. The number of benzene rings is 1. The predicted octanol–water partition coefficient (Wildman–Crippen LogP) is 4.37. The summed E-state index contributed by atoms with van der Waals surface area (Å²) in [5.74, 6) is 0.372. The molecular formula is C26H25F3N8. The van der Waals surface area contributed by atoms with Crippen LogP contribution in [0.5, 0.6) is 0 Å². The summed E-state index contributed by atoms with van der Waals surface area (Å²) in [7, 11) is 1.85. The van der Waals surface area contributed by atoms with E-state index in [1.807, 2.05) is 37.5 Å². The van der Waals surface area contributed by atoms with Crippen LogP contribution in [0.1, 0.15) is 24.9 Å².